The van der Waals surface area contributed by atoms with Crippen LogP contribution in [-0.2, 0) is 10.0 Å². The minimum absolute atomic E-state index is 0.157. The number of fused-ring (bicyclic) bond motifs is 1. The fraction of sp³-hybridized carbons (Fsp3) is 0.357. The lowest BCUT2D eigenvalue weighted by molar-refractivity contribution is -0.148. The van der Waals surface area contributed by atoms with Crippen molar-refractivity contribution in [1.29, 1.82) is 0 Å². The highest BCUT2D eigenvalue weighted by Gasteiger charge is 2.50. The van der Waals surface area contributed by atoms with Crippen molar-refractivity contribution in [3.8, 4) is 11.1 Å². The van der Waals surface area contributed by atoms with E-state index in [9.17, 15) is 22.3 Å². The van der Waals surface area contributed by atoms with Gasteiger partial charge in [-0.3, -0.25) is 4.90 Å². The van der Waals surface area contributed by atoms with E-state index in [0.717, 1.165) is 30.0 Å². The number of aliphatic hydroxyl groups is 1. The Balaban J connectivity index is 1.42. The average Bonchev–Trinajstić information content (AvgIpc) is 2.85. The molecular formula is C28H30F2N2O3S. The zero-order valence-electron chi connectivity index (χ0n) is 20.4. The summed E-state index contributed by atoms with van der Waals surface area (Å²) >= 11 is 0. The van der Waals surface area contributed by atoms with E-state index >= 15 is 0 Å². The Morgan fingerprint density at radius 3 is 2.33 bits per heavy atom. The third kappa shape index (κ3) is 4.26. The number of benzene rings is 3. The first-order chi connectivity index (χ1) is 17.2. The van der Waals surface area contributed by atoms with E-state index in [0.29, 0.717) is 35.7 Å². The van der Waals surface area contributed by atoms with Gasteiger partial charge in [-0.15, -0.1) is 0 Å². The average molecular weight is 513 g/mol. The van der Waals surface area contributed by atoms with Crippen molar-refractivity contribution in [3.63, 3.8) is 0 Å². The highest BCUT2D eigenvalue weighted by atomic mass is 32.2. The smallest absolute Gasteiger partial charge is 0.243 e. The van der Waals surface area contributed by atoms with E-state index in [-0.39, 0.29) is 17.5 Å². The van der Waals surface area contributed by atoms with E-state index in [2.05, 4.69) is 0 Å². The summed E-state index contributed by atoms with van der Waals surface area (Å²) < 4.78 is 56.3. The third-order valence-electron chi connectivity index (χ3n) is 7.62. The second-order valence-electron chi connectivity index (χ2n) is 9.74. The number of sulfonamides is 1. The topological polar surface area (TPSA) is 60.9 Å². The van der Waals surface area contributed by atoms with Crippen molar-refractivity contribution in [2.75, 3.05) is 19.6 Å². The number of rotatable bonds is 4. The molecule has 190 valence electrons. The van der Waals surface area contributed by atoms with Crippen molar-refractivity contribution in [2.45, 2.75) is 49.8 Å². The van der Waals surface area contributed by atoms with E-state index in [1.165, 1.54) is 0 Å². The van der Waals surface area contributed by atoms with Gasteiger partial charge in [0.2, 0.25) is 10.0 Å². The Morgan fingerprint density at radius 2 is 1.61 bits per heavy atom. The molecule has 2 aliphatic heterocycles. The summed E-state index contributed by atoms with van der Waals surface area (Å²) in [5.74, 6) is -1.98. The normalized spacial score (nSPS) is 23.4. The molecule has 1 N–H and O–H groups in total. The second kappa shape index (κ2) is 9.67. The summed E-state index contributed by atoms with van der Waals surface area (Å²) in [6.45, 7) is 4.80. The van der Waals surface area contributed by atoms with Gasteiger partial charge >= 0.3 is 0 Å². The quantitative estimate of drug-likeness (QED) is 0.545. The van der Waals surface area contributed by atoms with E-state index in [1.54, 1.807) is 42.4 Å². The highest BCUT2D eigenvalue weighted by Crippen LogP contribution is 2.42. The molecule has 0 unspecified atom stereocenters. The zero-order valence-corrected chi connectivity index (χ0v) is 21.2. The van der Waals surface area contributed by atoms with Crippen molar-refractivity contribution >= 4 is 10.0 Å². The van der Waals surface area contributed by atoms with Gasteiger partial charge in [-0.25, -0.2) is 17.2 Å². The van der Waals surface area contributed by atoms with Crippen LogP contribution in [-0.4, -0.2) is 54.6 Å². The van der Waals surface area contributed by atoms with Crippen LogP contribution in [0.2, 0.25) is 0 Å². The van der Waals surface area contributed by atoms with Gasteiger partial charge in [-0.2, -0.15) is 4.31 Å². The Kier molecular flexibility index (Phi) is 6.72. The standard InChI is InChI=1S/C28H30F2N2O3S/c1-18-7-3-4-8-25(18)36(34,35)31-15-5-6-16-32-24(17-31)26(28(32)33)21-11-9-20(10-12-21)22-13-14-23(29)27(30)19(22)2/h3-4,7-14,24,26,28,33H,5-6,15-17H2,1-2H3/t24-,26-,28+/m0/s1. The molecule has 0 bridgehead atoms. The summed E-state index contributed by atoms with van der Waals surface area (Å²) in [6, 6.07) is 17.0. The van der Waals surface area contributed by atoms with Crippen molar-refractivity contribution in [2.24, 2.45) is 0 Å². The molecule has 2 fully saturated rings. The van der Waals surface area contributed by atoms with Gasteiger partial charge in [0.15, 0.2) is 11.6 Å². The van der Waals surface area contributed by atoms with Crippen LogP contribution in [0.4, 0.5) is 8.78 Å². The lowest BCUT2D eigenvalue weighted by Gasteiger charge is -2.55. The Bertz CT molecular complexity index is 1380. The molecule has 0 radical (unpaired) electrons. The highest BCUT2D eigenvalue weighted by molar-refractivity contribution is 7.89. The van der Waals surface area contributed by atoms with E-state index < -0.39 is 27.9 Å². The molecule has 0 aliphatic carbocycles. The van der Waals surface area contributed by atoms with Gasteiger partial charge < -0.3 is 5.11 Å². The Hall–Kier alpha value is -2.65. The fourth-order valence-electron chi connectivity index (χ4n) is 5.55. The SMILES string of the molecule is Cc1ccccc1S(=O)(=O)N1CCCCN2[C@H](O)[C@@H](c3ccc(-c4ccc(F)c(F)c4C)cc3)[C@@H]2C1. The molecule has 5 rings (SSSR count). The van der Waals surface area contributed by atoms with Crippen LogP contribution in [0.15, 0.2) is 65.6 Å². The van der Waals surface area contributed by atoms with Gasteiger partial charge in [-0.05, 0) is 66.6 Å². The first-order valence-electron chi connectivity index (χ1n) is 12.2. The van der Waals surface area contributed by atoms with Crippen LogP contribution in [0.5, 0.6) is 0 Å². The van der Waals surface area contributed by atoms with E-state index in [1.807, 2.05) is 35.2 Å². The Labute approximate surface area is 211 Å². The van der Waals surface area contributed by atoms with Crippen LogP contribution >= 0.6 is 0 Å². The van der Waals surface area contributed by atoms with Crippen LogP contribution in [0.25, 0.3) is 11.1 Å². The van der Waals surface area contributed by atoms with Crippen LogP contribution in [0.1, 0.15) is 35.4 Å². The maximum absolute atomic E-state index is 14.1. The molecule has 3 aromatic rings. The summed E-state index contributed by atoms with van der Waals surface area (Å²) in [5.41, 5.74) is 3.21. The summed E-state index contributed by atoms with van der Waals surface area (Å²) in [7, 11) is -3.67. The first kappa shape index (κ1) is 25.0. The monoisotopic (exact) mass is 512 g/mol. The zero-order chi connectivity index (χ0) is 25.6. The minimum atomic E-state index is -3.67. The fourth-order valence-corrected chi connectivity index (χ4v) is 7.27. The molecule has 3 atom stereocenters. The Morgan fingerprint density at radius 1 is 0.917 bits per heavy atom. The van der Waals surface area contributed by atoms with Crippen molar-refractivity contribution in [1.82, 2.24) is 9.21 Å². The largest absolute Gasteiger partial charge is 0.378 e. The molecule has 2 saturated heterocycles. The molecule has 0 spiro atoms. The number of aryl methyl sites for hydroxylation is 1. The van der Waals surface area contributed by atoms with Gasteiger partial charge in [0.05, 0.1) is 4.90 Å². The molecule has 0 saturated carbocycles. The van der Waals surface area contributed by atoms with Crippen LogP contribution < -0.4 is 0 Å². The summed E-state index contributed by atoms with van der Waals surface area (Å²) in [6.07, 6.45) is 0.828. The van der Waals surface area contributed by atoms with Gasteiger partial charge in [0.25, 0.3) is 0 Å². The lowest BCUT2D eigenvalue weighted by atomic mass is 9.79. The third-order valence-corrected chi connectivity index (χ3v) is 9.65. The molecular weight excluding hydrogens is 482 g/mol. The number of halogens is 2. The predicted molar refractivity (Wildman–Crippen MR) is 135 cm³/mol. The molecule has 0 aromatic heterocycles. The number of hydrogen-bond acceptors (Lipinski definition) is 4. The van der Waals surface area contributed by atoms with Crippen LogP contribution in [0.3, 0.4) is 0 Å². The maximum Gasteiger partial charge on any atom is 0.243 e. The number of aliphatic hydroxyl groups excluding tert-OH is 1. The van der Waals surface area contributed by atoms with Gasteiger partial charge in [0.1, 0.15) is 6.23 Å². The summed E-state index contributed by atoms with van der Waals surface area (Å²) in [4.78, 5) is 2.30. The maximum atomic E-state index is 14.1. The van der Waals surface area contributed by atoms with E-state index in [4.69, 9.17) is 0 Å². The first-order valence-corrected chi connectivity index (χ1v) is 13.7. The molecule has 5 nitrogen and oxygen atoms in total. The van der Waals surface area contributed by atoms with Gasteiger partial charge in [-0.1, -0.05) is 48.5 Å². The minimum Gasteiger partial charge on any atom is -0.378 e. The van der Waals surface area contributed by atoms with Crippen LogP contribution in [0, 0.1) is 25.5 Å². The second-order valence-corrected chi connectivity index (χ2v) is 11.6. The molecule has 0 amide bonds. The molecule has 8 heteroatoms. The molecule has 36 heavy (non-hydrogen) atoms. The number of hydrogen-bond donors (Lipinski definition) is 1. The van der Waals surface area contributed by atoms with Crippen molar-refractivity contribution < 1.29 is 22.3 Å². The molecule has 2 heterocycles. The van der Waals surface area contributed by atoms with Crippen molar-refractivity contribution in [3.05, 3.63) is 89.0 Å². The summed E-state index contributed by atoms with van der Waals surface area (Å²) in [5, 5.41) is 11.0. The molecule has 2 aliphatic rings. The number of nitrogens with zero attached hydrogens (tertiary/aromatic N) is 2. The molecule has 3 aromatic carbocycles. The lowest BCUT2D eigenvalue weighted by Crippen LogP contribution is -2.66. The van der Waals surface area contributed by atoms with Gasteiger partial charge in [0, 0.05) is 31.6 Å². The predicted octanol–water partition coefficient (Wildman–Crippen LogP) is 4.82.